The first kappa shape index (κ1) is 27.3. The van der Waals surface area contributed by atoms with Crippen LogP contribution in [0.1, 0.15) is 70.2 Å². The fourth-order valence-corrected chi connectivity index (χ4v) is 5.86. The summed E-state index contributed by atoms with van der Waals surface area (Å²) in [6, 6.07) is 8.84. The third-order valence-electron chi connectivity index (χ3n) is 7.68. The predicted octanol–water partition coefficient (Wildman–Crippen LogP) is 5.87. The molecule has 1 aromatic rings. The Morgan fingerprint density at radius 3 is 2.51 bits per heavy atom. The van der Waals surface area contributed by atoms with E-state index in [1.54, 1.807) is 30.3 Å². The first-order valence-electron chi connectivity index (χ1n) is 12.8. The van der Waals surface area contributed by atoms with Gasteiger partial charge >= 0.3 is 11.9 Å². The Morgan fingerprint density at radius 1 is 1.20 bits per heavy atom. The SMILES string of the molecule is CCCCC(O[Si](C)(C)C(C)(C)C)C(=O)C=C[C@@H]1[C@H]2CC(=O)O[C@H]2C[C@H]1OC(=O)c1ccccc1. The van der Waals surface area contributed by atoms with E-state index < -0.39 is 26.5 Å². The van der Waals surface area contributed by atoms with Crippen LogP contribution in [0.2, 0.25) is 18.1 Å². The Bertz CT molecular complexity index is 933. The van der Waals surface area contributed by atoms with Gasteiger partial charge in [0, 0.05) is 18.3 Å². The Labute approximate surface area is 210 Å². The molecule has 0 radical (unpaired) electrons. The summed E-state index contributed by atoms with van der Waals surface area (Å²) in [5, 5.41) is -0.00157. The second-order valence-electron chi connectivity index (χ2n) is 11.3. The zero-order valence-corrected chi connectivity index (χ0v) is 22.9. The number of hydrogen-bond donors (Lipinski definition) is 0. The molecule has 6 nitrogen and oxygen atoms in total. The summed E-state index contributed by atoms with van der Waals surface area (Å²) in [6.07, 6.45) is 5.46. The standard InChI is InChI=1S/C28H40O6Si/c1-7-8-14-23(34-35(5,6)28(2,3)4)22(29)16-15-20-21-17-26(30)32-25(21)18-24(20)33-27(31)19-12-10-9-11-13-19/h9-13,15-16,20-21,23-25H,7-8,14,17-18H2,1-6H3/t20-,21-,23?,24-,25+/m1/s1. The minimum atomic E-state index is -2.13. The summed E-state index contributed by atoms with van der Waals surface area (Å²) in [6.45, 7) is 12.9. The van der Waals surface area contributed by atoms with Crippen LogP contribution in [-0.4, -0.2) is 44.4 Å². The molecule has 1 saturated heterocycles. The molecule has 1 unspecified atom stereocenters. The van der Waals surface area contributed by atoms with E-state index >= 15 is 0 Å². The van der Waals surface area contributed by atoms with Crippen LogP contribution in [0.3, 0.4) is 0 Å². The molecule has 7 heteroatoms. The van der Waals surface area contributed by atoms with Gasteiger partial charge < -0.3 is 13.9 Å². The Balaban J connectivity index is 1.77. The maximum Gasteiger partial charge on any atom is 0.338 e. The Hall–Kier alpha value is -2.25. The van der Waals surface area contributed by atoms with Crippen LogP contribution in [0.4, 0.5) is 0 Å². The molecule has 35 heavy (non-hydrogen) atoms. The molecule has 2 fully saturated rings. The van der Waals surface area contributed by atoms with Gasteiger partial charge in [0.25, 0.3) is 0 Å². The van der Waals surface area contributed by atoms with Gasteiger partial charge in [0.15, 0.2) is 14.1 Å². The van der Waals surface area contributed by atoms with Crippen LogP contribution < -0.4 is 0 Å². The third-order valence-corrected chi connectivity index (χ3v) is 12.2. The van der Waals surface area contributed by atoms with Crippen LogP contribution in [0, 0.1) is 11.8 Å². The van der Waals surface area contributed by atoms with Gasteiger partial charge in [-0.1, -0.05) is 64.8 Å². The average molecular weight is 501 g/mol. The first-order valence-corrected chi connectivity index (χ1v) is 15.7. The predicted molar refractivity (Wildman–Crippen MR) is 137 cm³/mol. The van der Waals surface area contributed by atoms with Gasteiger partial charge in [-0.2, -0.15) is 0 Å². The second-order valence-corrected chi connectivity index (χ2v) is 16.0. The van der Waals surface area contributed by atoms with Crippen molar-refractivity contribution in [2.75, 3.05) is 0 Å². The van der Waals surface area contributed by atoms with Gasteiger partial charge in [0.05, 0.1) is 12.0 Å². The van der Waals surface area contributed by atoms with Crippen LogP contribution in [0.5, 0.6) is 0 Å². The van der Waals surface area contributed by atoms with Gasteiger partial charge in [-0.15, -0.1) is 0 Å². The summed E-state index contributed by atoms with van der Waals surface area (Å²) in [7, 11) is -2.13. The van der Waals surface area contributed by atoms with E-state index in [1.807, 2.05) is 12.1 Å². The highest BCUT2D eigenvalue weighted by molar-refractivity contribution is 6.74. The van der Waals surface area contributed by atoms with Crippen molar-refractivity contribution in [1.82, 2.24) is 0 Å². The van der Waals surface area contributed by atoms with E-state index in [-0.39, 0.29) is 41.2 Å². The van der Waals surface area contributed by atoms with Crippen molar-refractivity contribution in [3.05, 3.63) is 48.0 Å². The van der Waals surface area contributed by atoms with Crippen molar-refractivity contribution in [2.24, 2.45) is 11.8 Å². The maximum atomic E-state index is 13.3. The number of benzene rings is 1. The number of fused-ring (bicyclic) bond motifs is 1. The highest BCUT2D eigenvalue weighted by Gasteiger charge is 2.51. The third kappa shape index (κ3) is 6.70. The Kier molecular flexibility index (Phi) is 8.75. The van der Waals surface area contributed by atoms with Crippen molar-refractivity contribution < 1.29 is 28.3 Å². The highest BCUT2D eigenvalue weighted by atomic mass is 28.4. The molecule has 0 N–H and O–H groups in total. The van der Waals surface area contributed by atoms with Crippen LogP contribution in [0.15, 0.2) is 42.5 Å². The fraction of sp³-hybridized carbons (Fsp3) is 0.607. The molecular weight excluding hydrogens is 460 g/mol. The number of ether oxygens (including phenoxy) is 2. The zero-order chi connectivity index (χ0) is 25.8. The maximum absolute atomic E-state index is 13.3. The molecule has 5 atom stereocenters. The lowest BCUT2D eigenvalue weighted by molar-refractivity contribution is -0.141. The number of ketones is 1. The van der Waals surface area contributed by atoms with E-state index in [4.69, 9.17) is 13.9 Å². The summed E-state index contributed by atoms with van der Waals surface area (Å²) in [5.74, 6) is -1.07. The second kappa shape index (κ2) is 11.2. The topological polar surface area (TPSA) is 78.9 Å². The minimum absolute atomic E-state index is 0.00157. The largest absolute Gasteiger partial charge is 0.462 e. The monoisotopic (exact) mass is 500 g/mol. The smallest absolute Gasteiger partial charge is 0.338 e. The lowest BCUT2D eigenvalue weighted by Crippen LogP contribution is -2.45. The molecule has 1 aromatic carbocycles. The molecule has 0 bridgehead atoms. The summed E-state index contributed by atoms with van der Waals surface area (Å²) < 4.78 is 17.8. The average Bonchev–Trinajstić information content (AvgIpc) is 3.30. The van der Waals surface area contributed by atoms with Crippen molar-refractivity contribution in [2.45, 2.75) is 96.2 Å². The van der Waals surface area contributed by atoms with Crippen molar-refractivity contribution in [1.29, 1.82) is 0 Å². The fourth-order valence-electron chi connectivity index (χ4n) is 4.56. The molecule has 3 rings (SSSR count). The molecule has 2 aliphatic rings. The summed E-state index contributed by atoms with van der Waals surface area (Å²) in [5.41, 5.74) is 0.475. The van der Waals surface area contributed by atoms with E-state index in [0.717, 1.165) is 12.8 Å². The molecule has 1 aliphatic heterocycles. The summed E-state index contributed by atoms with van der Waals surface area (Å²) in [4.78, 5) is 38.0. The van der Waals surface area contributed by atoms with E-state index in [1.165, 1.54) is 0 Å². The molecule has 1 heterocycles. The summed E-state index contributed by atoms with van der Waals surface area (Å²) >= 11 is 0. The van der Waals surface area contributed by atoms with Crippen LogP contribution in [-0.2, 0) is 23.5 Å². The lowest BCUT2D eigenvalue weighted by Gasteiger charge is -2.38. The van der Waals surface area contributed by atoms with E-state index in [9.17, 15) is 14.4 Å². The van der Waals surface area contributed by atoms with Crippen LogP contribution in [0.25, 0.3) is 0 Å². The van der Waals surface area contributed by atoms with Crippen LogP contribution >= 0.6 is 0 Å². The molecule has 192 valence electrons. The number of carbonyl (C=O) groups excluding carboxylic acids is 3. The number of rotatable bonds is 10. The molecule has 1 aliphatic carbocycles. The molecule has 0 aromatic heterocycles. The van der Waals surface area contributed by atoms with Gasteiger partial charge in [0.1, 0.15) is 18.3 Å². The van der Waals surface area contributed by atoms with E-state index in [0.29, 0.717) is 18.4 Å². The Morgan fingerprint density at radius 2 is 1.89 bits per heavy atom. The van der Waals surface area contributed by atoms with Crippen molar-refractivity contribution in [3.63, 3.8) is 0 Å². The van der Waals surface area contributed by atoms with Gasteiger partial charge in [0.2, 0.25) is 0 Å². The molecular formula is C28H40O6Si. The normalized spacial score (nSPS) is 25.4. The highest BCUT2D eigenvalue weighted by Crippen LogP contribution is 2.44. The number of esters is 2. The molecule has 0 amide bonds. The van der Waals surface area contributed by atoms with Gasteiger partial charge in [-0.05, 0) is 42.8 Å². The van der Waals surface area contributed by atoms with Crippen molar-refractivity contribution in [3.8, 4) is 0 Å². The number of hydrogen-bond acceptors (Lipinski definition) is 6. The van der Waals surface area contributed by atoms with E-state index in [2.05, 4.69) is 40.8 Å². The van der Waals surface area contributed by atoms with Gasteiger partial charge in [-0.3, -0.25) is 9.59 Å². The minimum Gasteiger partial charge on any atom is -0.462 e. The first-order chi connectivity index (χ1) is 16.4. The quantitative estimate of drug-likeness (QED) is 0.227. The molecule has 1 saturated carbocycles. The molecule has 0 spiro atoms. The number of unbranched alkanes of at least 4 members (excludes halogenated alkanes) is 1. The van der Waals surface area contributed by atoms with Crippen molar-refractivity contribution >= 4 is 26.0 Å². The zero-order valence-electron chi connectivity index (χ0n) is 21.9. The number of carbonyl (C=O) groups is 3. The lowest BCUT2D eigenvalue weighted by atomic mass is 9.91. The van der Waals surface area contributed by atoms with Gasteiger partial charge in [-0.25, -0.2) is 4.79 Å².